The molecule has 3 rings (SSSR count). The van der Waals surface area contributed by atoms with Crippen molar-refractivity contribution in [2.45, 2.75) is 42.4 Å². The molecule has 0 unspecified atom stereocenters. The van der Waals surface area contributed by atoms with E-state index < -0.39 is 5.54 Å². The Hall–Kier alpha value is -1.49. The third kappa shape index (κ3) is 2.79. The summed E-state index contributed by atoms with van der Waals surface area (Å²) in [5.41, 5.74) is -0.672. The van der Waals surface area contributed by atoms with E-state index in [1.54, 1.807) is 11.8 Å². The van der Waals surface area contributed by atoms with Gasteiger partial charge in [-0.1, -0.05) is 25.1 Å². The van der Waals surface area contributed by atoms with Crippen LogP contribution in [-0.4, -0.2) is 34.2 Å². The number of carbonyl (C=O) groups excluding carboxylic acids is 2. The molecule has 2 aliphatic rings. The van der Waals surface area contributed by atoms with Gasteiger partial charge in [-0.2, -0.15) is 0 Å². The Bertz CT molecular complexity index is 559. The van der Waals surface area contributed by atoms with Gasteiger partial charge >= 0.3 is 6.03 Å². The van der Waals surface area contributed by atoms with Crippen LogP contribution in [-0.2, 0) is 4.79 Å². The van der Waals surface area contributed by atoms with Crippen LogP contribution >= 0.6 is 11.8 Å². The van der Waals surface area contributed by atoms with Gasteiger partial charge in [-0.15, -0.1) is 11.8 Å². The van der Waals surface area contributed by atoms with Gasteiger partial charge in [0.25, 0.3) is 5.91 Å². The van der Waals surface area contributed by atoms with Gasteiger partial charge in [0.1, 0.15) is 5.54 Å². The zero-order valence-corrected chi connectivity index (χ0v) is 13.2. The SMILES string of the molecule is C[C@@H](CN1C(=O)N[C@@](C)(C2CC2)C1=O)Sc1ccccc1. The molecule has 1 aromatic carbocycles. The first kappa shape index (κ1) is 14.4. The number of amides is 3. The quantitative estimate of drug-likeness (QED) is 0.672. The van der Waals surface area contributed by atoms with Gasteiger partial charge in [-0.25, -0.2) is 4.79 Å². The molecule has 0 radical (unpaired) electrons. The van der Waals surface area contributed by atoms with Crippen molar-refractivity contribution >= 4 is 23.7 Å². The minimum atomic E-state index is -0.672. The second-order valence-corrected chi connectivity index (χ2v) is 7.58. The first-order valence-electron chi connectivity index (χ1n) is 7.36. The Balaban J connectivity index is 1.64. The van der Waals surface area contributed by atoms with Crippen LogP contribution in [0.4, 0.5) is 4.79 Å². The minimum absolute atomic E-state index is 0.0597. The molecular weight excluding hydrogens is 284 g/mol. The molecule has 5 heteroatoms. The van der Waals surface area contributed by atoms with Crippen molar-refractivity contribution in [1.29, 1.82) is 0 Å². The van der Waals surface area contributed by atoms with Crippen molar-refractivity contribution in [2.24, 2.45) is 5.92 Å². The zero-order chi connectivity index (χ0) is 15.0. The largest absolute Gasteiger partial charge is 0.325 e. The van der Waals surface area contributed by atoms with Crippen molar-refractivity contribution in [1.82, 2.24) is 10.2 Å². The molecule has 1 saturated carbocycles. The highest BCUT2D eigenvalue weighted by atomic mass is 32.2. The molecule has 4 nitrogen and oxygen atoms in total. The van der Waals surface area contributed by atoms with E-state index in [9.17, 15) is 9.59 Å². The fourth-order valence-electron chi connectivity index (χ4n) is 2.84. The van der Waals surface area contributed by atoms with E-state index in [1.165, 1.54) is 4.90 Å². The van der Waals surface area contributed by atoms with Crippen LogP contribution < -0.4 is 5.32 Å². The summed E-state index contributed by atoms with van der Waals surface area (Å²) in [6, 6.07) is 9.81. The number of nitrogens with zero attached hydrogens (tertiary/aromatic N) is 1. The Morgan fingerprint density at radius 1 is 1.33 bits per heavy atom. The van der Waals surface area contributed by atoms with E-state index in [0.717, 1.165) is 17.7 Å². The van der Waals surface area contributed by atoms with Crippen molar-refractivity contribution in [3.05, 3.63) is 30.3 Å². The molecule has 2 atom stereocenters. The Kier molecular flexibility index (Phi) is 3.69. The molecular formula is C16H20N2O2S. The highest BCUT2D eigenvalue weighted by molar-refractivity contribution is 8.00. The molecule has 21 heavy (non-hydrogen) atoms. The number of nitrogens with one attached hydrogen (secondary N) is 1. The lowest BCUT2D eigenvalue weighted by molar-refractivity contribution is -0.131. The number of imide groups is 1. The fourth-order valence-corrected chi connectivity index (χ4v) is 3.85. The number of benzene rings is 1. The second-order valence-electron chi connectivity index (χ2n) is 6.06. The topological polar surface area (TPSA) is 49.4 Å². The first-order valence-corrected chi connectivity index (χ1v) is 8.24. The number of urea groups is 1. The molecule has 3 amide bonds. The third-order valence-corrected chi connectivity index (χ3v) is 5.31. The normalized spacial score (nSPS) is 26.9. The molecule has 1 saturated heterocycles. The van der Waals surface area contributed by atoms with Gasteiger partial charge < -0.3 is 5.32 Å². The molecule has 1 N–H and O–H groups in total. The number of rotatable bonds is 5. The summed E-state index contributed by atoms with van der Waals surface area (Å²) < 4.78 is 0. The monoisotopic (exact) mass is 304 g/mol. The van der Waals surface area contributed by atoms with Gasteiger partial charge in [0.05, 0.1) is 0 Å². The van der Waals surface area contributed by atoms with Crippen LogP contribution in [0.25, 0.3) is 0 Å². The van der Waals surface area contributed by atoms with E-state index in [0.29, 0.717) is 12.5 Å². The molecule has 112 valence electrons. The number of thioether (sulfide) groups is 1. The summed E-state index contributed by atoms with van der Waals surface area (Å²) in [5.74, 6) is 0.256. The predicted octanol–water partition coefficient (Wildman–Crippen LogP) is 2.89. The summed E-state index contributed by atoms with van der Waals surface area (Å²) >= 11 is 1.68. The maximum Gasteiger partial charge on any atom is 0.325 e. The van der Waals surface area contributed by atoms with Crippen molar-refractivity contribution in [3.8, 4) is 0 Å². The van der Waals surface area contributed by atoms with Gasteiger partial charge in [0, 0.05) is 16.7 Å². The molecule has 0 aromatic heterocycles. The lowest BCUT2D eigenvalue weighted by Crippen LogP contribution is -2.46. The second kappa shape index (κ2) is 5.37. The van der Waals surface area contributed by atoms with E-state index in [2.05, 4.69) is 5.32 Å². The highest BCUT2D eigenvalue weighted by Crippen LogP contribution is 2.42. The summed E-state index contributed by atoms with van der Waals surface area (Å²) in [4.78, 5) is 27.2. The van der Waals surface area contributed by atoms with Crippen LogP contribution in [0.3, 0.4) is 0 Å². The third-order valence-electron chi connectivity index (χ3n) is 4.22. The zero-order valence-electron chi connectivity index (χ0n) is 12.3. The van der Waals surface area contributed by atoms with E-state index in [-0.39, 0.29) is 17.2 Å². The Labute approximate surface area is 129 Å². The van der Waals surface area contributed by atoms with Crippen molar-refractivity contribution in [3.63, 3.8) is 0 Å². The van der Waals surface area contributed by atoms with Gasteiger partial charge in [0.15, 0.2) is 0 Å². The van der Waals surface area contributed by atoms with Crippen LogP contribution in [0, 0.1) is 5.92 Å². The first-order chi connectivity index (χ1) is 10.0. The smallest absolute Gasteiger partial charge is 0.323 e. The van der Waals surface area contributed by atoms with Gasteiger partial charge in [-0.05, 0) is 37.8 Å². The minimum Gasteiger partial charge on any atom is -0.323 e. The molecule has 1 aliphatic heterocycles. The number of carbonyl (C=O) groups is 2. The van der Waals surface area contributed by atoms with E-state index in [4.69, 9.17) is 0 Å². The average molecular weight is 304 g/mol. The molecule has 0 spiro atoms. The van der Waals surface area contributed by atoms with E-state index >= 15 is 0 Å². The molecule has 1 aliphatic carbocycles. The van der Waals surface area contributed by atoms with Crippen LogP contribution in [0.5, 0.6) is 0 Å². The average Bonchev–Trinajstić information content (AvgIpc) is 3.26. The molecule has 1 heterocycles. The maximum atomic E-state index is 12.5. The van der Waals surface area contributed by atoms with Gasteiger partial charge in [-0.3, -0.25) is 9.69 Å². The summed E-state index contributed by atoms with van der Waals surface area (Å²) in [7, 11) is 0. The fraction of sp³-hybridized carbons (Fsp3) is 0.500. The number of hydrogen-bond acceptors (Lipinski definition) is 3. The lowest BCUT2D eigenvalue weighted by Gasteiger charge is -2.22. The summed E-state index contributed by atoms with van der Waals surface area (Å²) in [6.07, 6.45) is 2.06. The van der Waals surface area contributed by atoms with Crippen LogP contribution in [0.1, 0.15) is 26.7 Å². The molecule has 2 fully saturated rings. The summed E-state index contributed by atoms with van der Waals surface area (Å²) in [5, 5.41) is 3.06. The highest BCUT2D eigenvalue weighted by Gasteiger charge is 2.55. The van der Waals surface area contributed by atoms with Crippen LogP contribution in [0.2, 0.25) is 0 Å². The van der Waals surface area contributed by atoms with E-state index in [1.807, 2.05) is 44.2 Å². The Morgan fingerprint density at radius 3 is 2.62 bits per heavy atom. The predicted molar refractivity (Wildman–Crippen MR) is 83.1 cm³/mol. The molecule has 0 bridgehead atoms. The standard InChI is InChI=1S/C16H20N2O2S/c1-11(21-13-6-4-3-5-7-13)10-18-14(19)16(2,12-8-9-12)17-15(18)20/h3-7,11-12H,8-10H2,1-2H3,(H,17,20)/t11-,16-/m0/s1. The van der Waals surface area contributed by atoms with Gasteiger partial charge in [0.2, 0.25) is 0 Å². The lowest BCUT2D eigenvalue weighted by atomic mass is 9.96. The van der Waals surface area contributed by atoms with Crippen molar-refractivity contribution < 1.29 is 9.59 Å². The summed E-state index contributed by atoms with van der Waals surface area (Å²) in [6.45, 7) is 4.36. The number of hydrogen-bond donors (Lipinski definition) is 1. The Morgan fingerprint density at radius 2 is 2.00 bits per heavy atom. The maximum absolute atomic E-state index is 12.5. The van der Waals surface area contributed by atoms with Crippen LogP contribution in [0.15, 0.2) is 35.2 Å². The molecule has 1 aromatic rings. The van der Waals surface area contributed by atoms with Crippen molar-refractivity contribution in [2.75, 3.05) is 6.54 Å².